The number of benzene rings is 2. The molecule has 0 bridgehead atoms. The van der Waals surface area contributed by atoms with Crippen LogP contribution in [0.15, 0.2) is 12.1 Å². The molecule has 1 saturated heterocycles. The van der Waals surface area contributed by atoms with Gasteiger partial charge in [0, 0.05) is 24.1 Å². The van der Waals surface area contributed by atoms with Crippen LogP contribution in [0.3, 0.4) is 0 Å². The predicted molar refractivity (Wildman–Crippen MR) is 116 cm³/mol. The molecule has 6 unspecified atom stereocenters. The zero-order chi connectivity index (χ0) is 24.7. The molecule has 11 nitrogen and oxygen atoms in total. The largest absolute Gasteiger partial charge is 0.507 e. The van der Waals surface area contributed by atoms with Crippen LogP contribution < -0.4 is 14.2 Å². The van der Waals surface area contributed by atoms with Gasteiger partial charge in [-0.15, -0.1) is 0 Å². The maximum atomic E-state index is 13.0. The average Bonchev–Trinajstić information content (AvgIpc) is 2.85. The van der Waals surface area contributed by atoms with Gasteiger partial charge in [-0.3, -0.25) is 4.79 Å². The number of aliphatic hydroxyl groups excluding tert-OH is 3. The Morgan fingerprint density at radius 2 is 1.85 bits per heavy atom. The third-order valence-corrected chi connectivity index (χ3v) is 6.25. The Balaban J connectivity index is 1.93. The number of aromatic hydroxyl groups is 1. The second-order valence-electron chi connectivity index (χ2n) is 8.13. The van der Waals surface area contributed by atoms with E-state index in [1.54, 1.807) is 13.0 Å². The molecule has 186 valence electrons. The average molecular weight is 480 g/mol. The predicted octanol–water partition coefficient (Wildman–Crippen LogP) is 0.497. The highest BCUT2D eigenvalue weighted by molar-refractivity contribution is 6.12. The summed E-state index contributed by atoms with van der Waals surface area (Å²) in [5, 5.41) is 42.5. The van der Waals surface area contributed by atoms with E-state index in [1.165, 1.54) is 27.4 Å². The summed E-state index contributed by atoms with van der Waals surface area (Å²) in [7, 11) is 4.18. The van der Waals surface area contributed by atoms with Crippen molar-refractivity contribution in [2.75, 3.05) is 27.9 Å². The number of aliphatic hydroxyl groups is 3. The Kier molecular flexibility index (Phi) is 6.85. The third-order valence-electron chi connectivity index (χ3n) is 6.25. The number of phenols is 1. The second kappa shape index (κ2) is 9.53. The lowest BCUT2D eigenvalue weighted by Gasteiger charge is -2.41. The fraction of sp³-hybridized carbons (Fsp3) is 0.522. The first-order valence-corrected chi connectivity index (χ1v) is 10.7. The molecule has 11 heteroatoms. The molecule has 2 aliphatic heterocycles. The van der Waals surface area contributed by atoms with Crippen molar-refractivity contribution in [3.63, 3.8) is 0 Å². The highest BCUT2D eigenvalue weighted by Crippen LogP contribution is 2.49. The quantitative estimate of drug-likeness (QED) is 0.457. The Morgan fingerprint density at radius 3 is 2.47 bits per heavy atom. The molecule has 2 aromatic carbocycles. The number of rotatable bonds is 6. The van der Waals surface area contributed by atoms with Gasteiger partial charge < -0.3 is 48.8 Å². The van der Waals surface area contributed by atoms with Gasteiger partial charge >= 0.3 is 0 Å². The number of carbonyl (C=O) groups excluding carboxylic acids is 1. The number of hydrogen-bond acceptors (Lipinski definition) is 11. The van der Waals surface area contributed by atoms with Crippen molar-refractivity contribution in [1.29, 1.82) is 0 Å². The standard InChI is InChI=1S/C23H28O11/c1-9-17(25)16-12(8-32-9)21(15-11(18(16)26)5-10(29-2)6-13(15)30-3)34-23-20(28)19(27)22(31-4)14(7-24)33-23/h5-6,9,14,19-20,22-24,26-28H,7-8H2,1-4H3. The van der Waals surface area contributed by atoms with Crippen molar-refractivity contribution < 1.29 is 53.6 Å². The number of carbonyl (C=O) groups is 1. The van der Waals surface area contributed by atoms with Gasteiger partial charge in [-0.25, -0.2) is 0 Å². The Bertz CT molecular complexity index is 1080. The summed E-state index contributed by atoms with van der Waals surface area (Å²) in [5.74, 6) is -0.0531. The van der Waals surface area contributed by atoms with Crippen LogP contribution in [-0.2, 0) is 20.8 Å². The smallest absolute Gasteiger partial charge is 0.229 e. The lowest BCUT2D eigenvalue weighted by Crippen LogP contribution is -2.60. The molecule has 0 saturated carbocycles. The van der Waals surface area contributed by atoms with Gasteiger partial charge in [0.2, 0.25) is 6.29 Å². The van der Waals surface area contributed by atoms with Crippen molar-refractivity contribution in [2.45, 2.75) is 50.3 Å². The van der Waals surface area contributed by atoms with Gasteiger partial charge in [-0.2, -0.15) is 0 Å². The van der Waals surface area contributed by atoms with Crippen LogP contribution in [0.5, 0.6) is 23.0 Å². The summed E-state index contributed by atoms with van der Waals surface area (Å²) in [6, 6.07) is 3.10. The normalized spacial score (nSPS) is 29.1. The Labute approximate surface area is 195 Å². The number of ketones is 1. The molecule has 1 fully saturated rings. The molecule has 2 aromatic rings. The summed E-state index contributed by atoms with van der Waals surface area (Å²) >= 11 is 0. The summed E-state index contributed by atoms with van der Waals surface area (Å²) in [5.41, 5.74) is 0.243. The Hall–Kier alpha value is -2.67. The topological polar surface area (TPSA) is 153 Å². The molecule has 2 aliphatic rings. The van der Waals surface area contributed by atoms with Crippen LogP contribution in [0.4, 0.5) is 0 Å². The molecular weight excluding hydrogens is 452 g/mol. The Morgan fingerprint density at radius 1 is 1.12 bits per heavy atom. The number of fused-ring (bicyclic) bond motifs is 2. The first-order valence-electron chi connectivity index (χ1n) is 10.7. The van der Waals surface area contributed by atoms with Gasteiger partial charge in [0.05, 0.1) is 38.4 Å². The lowest BCUT2D eigenvalue weighted by atomic mass is 9.91. The van der Waals surface area contributed by atoms with E-state index in [0.29, 0.717) is 5.75 Å². The molecule has 0 spiro atoms. The minimum atomic E-state index is -1.56. The minimum Gasteiger partial charge on any atom is -0.507 e. The van der Waals surface area contributed by atoms with Gasteiger partial charge in [-0.1, -0.05) is 0 Å². The number of hydrogen-bond donors (Lipinski definition) is 4. The second-order valence-corrected chi connectivity index (χ2v) is 8.13. The van der Waals surface area contributed by atoms with E-state index < -0.39 is 49.2 Å². The van der Waals surface area contributed by atoms with E-state index in [9.17, 15) is 25.2 Å². The van der Waals surface area contributed by atoms with Crippen LogP contribution >= 0.6 is 0 Å². The minimum absolute atomic E-state index is 0.0101. The number of ether oxygens (including phenoxy) is 6. The van der Waals surface area contributed by atoms with Crippen LogP contribution in [-0.4, -0.2) is 91.0 Å². The number of Topliss-reactive ketones (excluding diaryl/α,β-unsaturated/α-hetero) is 1. The highest BCUT2D eigenvalue weighted by atomic mass is 16.7. The van der Waals surface area contributed by atoms with Gasteiger partial charge in [-0.05, 0) is 13.0 Å². The molecular formula is C23H28O11. The number of methoxy groups -OCH3 is 3. The SMILES string of the molecule is COc1cc(OC)c2c(OC3OC(CO)C(OC)C(O)C3O)c3c(c(O)c2c1)C(=O)C(C)OC3. The fourth-order valence-corrected chi connectivity index (χ4v) is 4.41. The molecule has 34 heavy (non-hydrogen) atoms. The van der Waals surface area contributed by atoms with Crippen molar-refractivity contribution in [2.24, 2.45) is 0 Å². The maximum absolute atomic E-state index is 13.0. The van der Waals surface area contributed by atoms with Gasteiger partial charge in [0.25, 0.3) is 0 Å². The third kappa shape index (κ3) is 3.84. The molecule has 4 rings (SSSR count). The molecule has 0 radical (unpaired) electrons. The van der Waals surface area contributed by atoms with Crippen molar-refractivity contribution in [3.8, 4) is 23.0 Å². The summed E-state index contributed by atoms with van der Waals surface area (Å²) in [6.07, 6.45) is -7.22. The lowest BCUT2D eigenvalue weighted by molar-refractivity contribution is -0.281. The first kappa shape index (κ1) is 24.5. The molecule has 0 aromatic heterocycles. The molecule has 0 aliphatic carbocycles. The maximum Gasteiger partial charge on any atom is 0.229 e. The summed E-state index contributed by atoms with van der Waals surface area (Å²) in [4.78, 5) is 13.0. The van der Waals surface area contributed by atoms with E-state index in [-0.39, 0.29) is 45.8 Å². The van der Waals surface area contributed by atoms with Crippen LogP contribution in [0.2, 0.25) is 0 Å². The molecule has 0 amide bonds. The molecule has 2 heterocycles. The highest BCUT2D eigenvalue weighted by Gasteiger charge is 2.46. The first-order chi connectivity index (χ1) is 16.3. The fourth-order valence-electron chi connectivity index (χ4n) is 4.41. The van der Waals surface area contributed by atoms with Crippen LogP contribution in [0.25, 0.3) is 10.8 Å². The van der Waals surface area contributed by atoms with Gasteiger partial charge in [0.1, 0.15) is 53.5 Å². The zero-order valence-corrected chi connectivity index (χ0v) is 19.2. The van der Waals surface area contributed by atoms with E-state index in [1.807, 2.05) is 0 Å². The zero-order valence-electron chi connectivity index (χ0n) is 19.2. The molecule has 6 atom stereocenters. The monoisotopic (exact) mass is 480 g/mol. The van der Waals surface area contributed by atoms with E-state index in [4.69, 9.17) is 28.4 Å². The summed E-state index contributed by atoms with van der Waals surface area (Å²) in [6.45, 7) is 0.991. The van der Waals surface area contributed by atoms with E-state index in [2.05, 4.69) is 0 Å². The molecule has 4 N–H and O–H groups in total. The van der Waals surface area contributed by atoms with Crippen molar-refractivity contribution in [1.82, 2.24) is 0 Å². The van der Waals surface area contributed by atoms with E-state index >= 15 is 0 Å². The summed E-state index contributed by atoms with van der Waals surface area (Å²) < 4.78 is 33.3. The van der Waals surface area contributed by atoms with Crippen molar-refractivity contribution >= 4 is 16.6 Å². The van der Waals surface area contributed by atoms with Crippen LogP contribution in [0, 0.1) is 0 Å². The van der Waals surface area contributed by atoms with Crippen LogP contribution in [0.1, 0.15) is 22.8 Å². The van der Waals surface area contributed by atoms with Crippen molar-refractivity contribution in [3.05, 3.63) is 23.3 Å². The number of phenolic OH excluding ortho intramolecular Hbond substituents is 1. The van der Waals surface area contributed by atoms with E-state index in [0.717, 1.165) is 0 Å². The van der Waals surface area contributed by atoms with Gasteiger partial charge in [0.15, 0.2) is 5.78 Å².